The molecule has 0 N–H and O–H groups in total. The molecule has 0 spiro atoms. The monoisotopic (exact) mass is 267 g/mol. The Morgan fingerprint density at radius 2 is 2.00 bits per heavy atom. The Hall–Kier alpha value is -1.25. The Labute approximate surface area is 110 Å². The maximum absolute atomic E-state index is 6.03. The van der Waals surface area contributed by atoms with Crippen molar-refractivity contribution in [2.24, 2.45) is 0 Å². The summed E-state index contributed by atoms with van der Waals surface area (Å²) < 4.78 is 5.63. The van der Waals surface area contributed by atoms with E-state index in [1.807, 2.05) is 31.2 Å². The van der Waals surface area contributed by atoms with Crippen molar-refractivity contribution >= 4 is 23.2 Å². The number of pyridine rings is 1. The highest BCUT2D eigenvalue weighted by Gasteiger charge is 2.02. The quantitative estimate of drug-likeness (QED) is 0.775. The van der Waals surface area contributed by atoms with Crippen molar-refractivity contribution in [1.29, 1.82) is 0 Å². The minimum atomic E-state index is 0.424. The third-order valence-electron chi connectivity index (χ3n) is 2.27. The number of hydrogen-bond acceptors (Lipinski definition) is 2. The molecule has 17 heavy (non-hydrogen) atoms. The molecule has 2 nitrogen and oxygen atoms in total. The lowest BCUT2D eigenvalue weighted by molar-refractivity contribution is 0.306. The Balaban J connectivity index is 2.07. The van der Waals surface area contributed by atoms with E-state index in [2.05, 4.69) is 4.98 Å². The molecule has 0 fully saturated rings. The number of rotatable bonds is 3. The number of hydrogen-bond donors (Lipinski definition) is 0. The van der Waals surface area contributed by atoms with Crippen LogP contribution in [0.3, 0.4) is 0 Å². The molecule has 0 atom stereocenters. The van der Waals surface area contributed by atoms with E-state index < -0.39 is 0 Å². The van der Waals surface area contributed by atoms with E-state index in [0.29, 0.717) is 22.5 Å². The first-order valence-corrected chi connectivity index (χ1v) is 5.90. The van der Waals surface area contributed by atoms with Gasteiger partial charge in [0.2, 0.25) is 0 Å². The lowest BCUT2D eigenvalue weighted by atomic mass is 10.2. The number of aromatic nitrogens is 1. The molecule has 1 heterocycles. The molecule has 0 unspecified atom stereocenters. The number of nitrogens with zero attached hydrogens (tertiary/aromatic N) is 1. The average Bonchev–Trinajstić information content (AvgIpc) is 2.32. The molecule has 0 aliphatic rings. The minimum absolute atomic E-state index is 0.424. The Morgan fingerprint density at radius 3 is 2.71 bits per heavy atom. The second-order valence-electron chi connectivity index (χ2n) is 3.71. The average molecular weight is 268 g/mol. The molecule has 0 radical (unpaired) electrons. The topological polar surface area (TPSA) is 22.1 Å². The fourth-order valence-electron chi connectivity index (χ4n) is 1.37. The Kier molecular flexibility index (Phi) is 3.87. The van der Waals surface area contributed by atoms with Crippen LogP contribution in [0, 0.1) is 6.92 Å². The predicted octanol–water partition coefficient (Wildman–Crippen LogP) is 4.28. The van der Waals surface area contributed by atoms with Gasteiger partial charge >= 0.3 is 0 Å². The van der Waals surface area contributed by atoms with Crippen molar-refractivity contribution in [2.75, 3.05) is 0 Å². The van der Waals surface area contributed by atoms with Crippen LogP contribution in [0.4, 0.5) is 0 Å². The van der Waals surface area contributed by atoms with Gasteiger partial charge in [0, 0.05) is 11.8 Å². The zero-order chi connectivity index (χ0) is 12.3. The number of halogens is 2. The third kappa shape index (κ3) is 3.35. The second-order valence-corrected chi connectivity index (χ2v) is 4.51. The maximum Gasteiger partial charge on any atom is 0.138 e. The van der Waals surface area contributed by atoms with Crippen molar-refractivity contribution in [2.45, 2.75) is 13.5 Å². The van der Waals surface area contributed by atoms with Gasteiger partial charge in [-0.05, 0) is 30.7 Å². The van der Waals surface area contributed by atoms with Crippen molar-refractivity contribution in [1.82, 2.24) is 4.98 Å². The van der Waals surface area contributed by atoms with Crippen molar-refractivity contribution in [3.05, 3.63) is 57.8 Å². The van der Waals surface area contributed by atoms with Crippen LogP contribution in [0.1, 0.15) is 11.1 Å². The van der Waals surface area contributed by atoms with Gasteiger partial charge in [-0.1, -0.05) is 35.3 Å². The molecular weight excluding hydrogens is 257 g/mol. The molecule has 0 bridgehead atoms. The summed E-state index contributed by atoms with van der Waals surface area (Å²) in [6.45, 7) is 2.42. The molecule has 88 valence electrons. The van der Waals surface area contributed by atoms with Gasteiger partial charge in [0.15, 0.2) is 0 Å². The number of aryl methyl sites for hydroxylation is 1. The Morgan fingerprint density at radius 1 is 1.18 bits per heavy atom. The van der Waals surface area contributed by atoms with Crippen LogP contribution in [0.5, 0.6) is 5.75 Å². The van der Waals surface area contributed by atoms with Crippen molar-refractivity contribution in [3.63, 3.8) is 0 Å². The van der Waals surface area contributed by atoms with Gasteiger partial charge in [0.05, 0.1) is 5.02 Å². The third-order valence-corrected chi connectivity index (χ3v) is 2.81. The van der Waals surface area contributed by atoms with Gasteiger partial charge in [-0.3, -0.25) is 0 Å². The predicted molar refractivity (Wildman–Crippen MR) is 69.8 cm³/mol. The molecule has 2 aromatic rings. The zero-order valence-corrected chi connectivity index (χ0v) is 10.8. The van der Waals surface area contributed by atoms with Crippen LogP contribution in [-0.4, -0.2) is 4.98 Å². The van der Waals surface area contributed by atoms with Gasteiger partial charge in [-0.25, -0.2) is 4.98 Å². The highest BCUT2D eigenvalue weighted by molar-refractivity contribution is 6.32. The van der Waals surface area contributed by atoms with Gasteiger partial charge in [0.25, 0.3) is 0 Å². The van der Waals surface area contributed by atoms with Gasteiger partial charge < -0.3 is 4.74 Å². The Bertz CT molecular complexity index is 511. The summed E-state index contributed by atoms with van der Waals surface area (Å²) in [6, 6.07) is 9.29. The van der Waals surface area contributed by atoms with Crippen LogP contribution < -0.4 is 4.74 Å². The maximum atomic E-state index is 6.03. The van der Waals surface area contributed by atoms with E-state index in [9.17, 15) is 0 Å². The van der Waals surface area contributed by atoms with E-state index in [-0.39, 0.29) is 0 Å². The summed E-state index contributed by atoms with van der Waals surface area (Å²) in [6.07, 6.45) is 1.69. The first kappa shape index (κ1) is 12.2. The van der Waals surface area contributed by atoms with E-state index >= 15 is 0 Å². The SMILES string of the molecule is Cc1ccc(Cl)c(OCc2ccc(Cl)nc2)c1. The van der Waals surface area contributed by atoms with E-state index in [1.54, 1.807) is 12.3 Å². The molecule has 4 heteroatoms. The number of ether oxygens (including phenoxy) is 1. The lowest BCUT2D eigenvalue weighted by Crippen LogP contribution is -1.96. The van der Waals surface area contributed by atoms with Gasteiger partial charge in [0.1, 0.15) is 17.5 Å². The second kappa shape index (κ2) is 5.39. The molecular formula is C13H11Cl2NO. The van der Waals surface area contributed by atoms with Crippen molar-refractivity contribution in [3.8, 4) is 5.75 Å². The summed E-state index contributed by atoms with van der Waals surface area (Å²) in [7, 11) is 0. The standard InChI is InChI=1S/C13H11Cl2NO/c1-9-2-4-11(14)12(6-9)17-8-10-3-5-13(15)16-7-10/h2-7H,8H2,1H3. The van der Waals surface area contributed by atoms with E-state index in [1.165, 1.54) is 0 Å². The highest BCUT2D eigenvalue weighted by Crippen LogP contribution is 2.26. The van der Waals surface area contributed by atoms with Gasteiger partial charge in [-0.2, -0.15) is 0 Å². The summed E-state index contributed by atoms with van der Waals surface area (Å²) in [5.41, 5.74) is 2.06. The highest BCUT2D eigenvalue weighted by atomic mass is 35.5. The fraction of sp³-hybridized carbons (Fsp3) is 0.154. The lowest BCUT2D eigenvalue weighted by Gasteiger charge is -2.08. The molecule has 1 aromatic carbocycles. The fourth-order valence-corrected chi connectivity index (χ4v) is 1.66. The largest absolute Gasteiger partial charge is 0.487 e. The van der Waals surface area contributed by atoms with E-state index in [0.717, 1.165) is 11.1 Å². The van der Waals surface area contributed by atoms with Gasteiger partial charge in [-0.15, -0.1) is 0 Å². The zero-order valence-electron chi connectivity index (χ0n) is 9.28. The molecule has 0 amide bonds. The number of benzene rings is 1. The molecule has 0 aliphatic heterocycles. The molecule has 0 saturated carbocycles. The van der Waals surface area contributed by atoms with Crippen molar-refractivity contribution < 1.29 is 4.74 Å². The van der Waals surface area contributed by atoms with Crippen LogP contribution in [0.2, 0.25) is 10.2 Å². The first-order chi connectivity index (χ1) is 8.15. The first-order valence-electron chi connectivity index (χ1n) is 5.14. The van der Waals surface area contributed by atoms with Crippen LogP contribution in [-0.2, 0) is 6.61 Å². The minimum Gasteiger partial charge on any atom is -0.487 e. The summed E-state index contributed by atoms with van der Waals surface area (Å²) in [4.78, 5) is 3.98. The van der Waals surface area contributed by atoms with Crippen LogP contribution >= 0.6 is 23.2 Å². The molecule has 1 aromatic heterocycles. The smallest absolute Gasteiger partial charge is 0.138 e. The molecule has 0 saturated heterocycles. The summed E-state index contributed by atoms with van der Waals surface area (Å²) >= 11 is 11.7. The molecule has 2 rings (SSSR count). The summed E-state index contributed by atoms with van der Waals surface area (Å²) in [5, 5.41) is 1.08. The normalized spacial score (nSPS) is 10.3. The van der Waals surface area contributed by atoms with E-state index in [4.69, 9.17) is 27.9 Å². The molecule has 0 aliphatic carbocycles. The van der Waals surface area contributed by atoms with Crippen LogP contribution in [0.15, 0.2) is 36.5 Å². The summed E-state index contributed by atoms with van der Waals surface area (Å²) in [5.74, 6) is 0.682. The van der Waals surface area contributed by atoms with Crippen LogP contribution in [0.25, 0.3) is 0 Å².